The number of hydrogen-bond donors (Lipinski definition) is 1. The van der Waals surface area contributed by atoms with Crippen LogP contribution in [0.25, 0.3) is 0 Å². The van der Waals surface area contributed by atoms with E-state index in [2.05, 4.69) is 9.88 Å². The molecule has 5 nitrogen and oxygen atoms in total. The van der Waals surface area contributed by atoms with E-state index in [-0.39, 0.29) is 0 Å². The maximum absolute atomic E-state index is 10.9. The molecule has 2 rings (SSSR count). The molecule has 1 aliphatic rings. The molecule has 1 saturated heterocycles. The van der Waals surface area contributed by atoms with Crippen LogP contribution in [0.2, 0.25) is 5.02 Å². The fourth-order valence-corrected chi connectivity index (χ4v) is 2.16. The van der Waals surface area contributed by atoms with Gasteiger partial charge in [-0.2, -0.15) is 0 Å². The molecule has 1 N–H and O–H groups in total. The first kappa shape index (κ1) is 13.1. The zero-order valence-electron chi connectivity index (χ0n) is 10.2. The lowest BCUT2D eigenvalue weighted by Crippen LogP contribution is -2.51. The first-order valence-corrected chi connectivity index (χ1v) is 6.29. The number of nitrogens with zero attached hydrogens (tertiary/aromatic N) is 3. The monoisotopic (exact) mass is 269 g/mol. The first-order valence-electron chi connectivity index (χ1n) is 5.91. The van der Waals surface area contributed by atoms with Gasteiger partial charge in [0.2, 0.25) is 0 Å². The van der Waals surface area contributed by atoms with E-state index >= 15 is 0 Å². The number of rotatable bonds is 3. The molecule has 0 aliphatic carbocycles. The Morgan fingerprint density at radius 2 is 2.06 bits per heavy atom. The van der Waals surface area contributed by atoms with Crippen molar-refractivity contribution in [3.8, 4) is 0 Å². The Labute approximate surface area is 111 Å². The van der Waals surface area contributed by atoms with Crippen molar-refractivity contribution < 1.29 is 9.90 Å². The molecule has 1 atom stereocenters. The molecule has 18 heavy (non-hydrogen) atoms. The lowest BCUT2D eigenvalue weighted by molar-refractivity contribution is -0.142. The van der Waals surface area contributed by atoms with Crippen molar-refractivity contribution in [2.75, 3.05) is 31.1 Å². The first-order chi connectivity index (χ1) is 8.58. The number of halogens is 1. The Kier molecular flexibility index (Phi) is 4.04. The van der Waals surface area contributed by atoms with Gasteiger partial charge in [0.05, 0.1) is 5.02 Å². The van der Waals surface area contributed by atoms with Gasteiger partial charge in [0, 0.05) is 32.4 Å². The maximum Gasteiger partial charge on any atom is 0.320 e. The van der Waals surface area contributed by atoms with E-state index in [0.29, 0.717) is 5.02 Å². The molecular weight excluding hydrogens is 254 g/mol. The van der Waals surface area contributed by atoms with Crippen LogP contribution in [0.15, 0.2) is 18.3 Å². The third-order valence-corrected chi connectivity index (χ3v) is 3.48. The molecule has 1 aromatic rings. The molecule has 0 unspecified atom stereocenters. The van der Waals surface area contributed by atoms with Gasteiger partial charge in [0.15, 0.2) is 0 Å². The minimum absolute atomic E-state index is 0.426. The number of anilines is 1. The van der Waals surface area contributed by atoms with Gasteiger partial charge < -0.3 is 10.0 Å². The van der Waals surface area contributed by atoms with E-state index in [4.69, 9.17) is 16.7 Å². The van der Waals surface area contributed by atoms with Crippen LogP contribution in [-0.4, -0.2) is 53.2 Å². The van der Waals surface area contributed by atoms with Crippen LogP contribution >= 0.6 is 11.6 Å². The van der Waals surface area contributed by atoms with E-state index in [0.717, 1.165) is 32.0 Å². The highest BCUT2D eigenvalue weighted by Crippen LogP contribution is 2.16. The summed E-state index contributed by atoms with van der Waals surface area (Å²) < 4.78 is 0. The summed E-state index contributed by atoms with van der Waals surface area (Å²) in [6.45, 7) is 4.76. The SMILES string of the molecule is C[C@H](C(=O)O)N1CCN(c2ccc(Cl)cn2)CC1. The second-order valence-corrected chi connectivity index (χ2v) is 4.81. The fourth-order valence-electron chi connectivity index (χ4n) is 2.05. The molecule has 2 heterocycles. The molecule has 0 amide bonds. The second-order valence-electron chi connectivity index (χ2n) is 4.37. The minimum atomic E-state index is -0.770. The van der Waals surface area contributed by atoms with Crippen molar-refractivity contribution in [3.05, 3.63) is 23.4 Å². The summed E-state index contributed by atoms with van der Waals surface area (Å²) in [5.74, 6) is 0.120. The van der Waals surface area contributed by atoms with Crippen LogP contribution in [0.1, 0.15) is 6.92 Å². The van der Waals surface area contributed by atoms with Gasteiger partial charge in [-0.25, -0.2) is 4.98 Å². The van der Waals surface area contributed by atoms with Gasteiger partial charge in [0.1, 0.15) is 11.9 Å². The molecule has 0 radical (unpaired) electrons. The predicted molar refractivity (Wildman–Crippen MR) is 70.1 cm³/mol. The number of aliphatic carboxylic acids is 1. The van der Waals surface area contributed by atoms with Gasteiger partial charge in [-0.05, 0) is 19.1 Å². The normalized spacial score (nSPS) is 18.7. The topological polar surface area (TPSA) is 56.7 Å². The molecular formula is C12H16ClN3O2. The number of aromatic nitrogens is 1. The average molecular weight is 270 g/mol. The van der Waals surface area contributed by atoms with Crippen LogP contribution in [0.3, 0.4) is 0 Å². The number of hydrogen-bond acceptors (Lipinski definition) is 4. The van der Waals surface area contributed by atoms with Crippen LogP contribution in [-0.2, 0) is 4.79 Å². The van der Waals surface area contributed by atoms with Crippen molar-refractivity contribution in [2.24, 2.45) is 0 Å². The Balaban J connectivity index is 1.94. The summed E-state index contributed by atoms with van der Waals surface area (Å²) in [5.41, 5.74) is 0. The van der Waals surface area contributed by atoms with Gasteiger partial charge in [-0.1, -0.05) is 11.6 Å². The summed E-state index contributed by atoms with van der Waals surface area (Å²) in [7, 11) is 0. The van der Waals surface area contributed by atoms with Gasteiger partial charge in [-0.15, -0.1) is 0 Å². The number of pyridine rings is 1. The largest absolute Gasteiger partial charge is 0.480 e. The maximum atomic E-state index is 10.9. The second kappa shape index (κ2) is 5.54. The third kappa shape index (κ3) is 2.91. The summed E-state index contributed by atoms with van der Waals surface area (Å²) in [6.07, 6.45) is 1.63. The van der Waals surface area contributed by atoms with E-state index in [1.165, 1.54) is 0 Å². The van der Waals surface area contributed by atoms with Crippen LogP contribution in [0.5, 0.6) is 0 Å². The Bertz CT molecular complexity index is 416. The average Bonchev–Trinajstić information content (AvgIpc) is 2.39. The van der Waals surface area contributed by atoms with Crippen LogP contribution in [0.4, 0.5) is 5.82 Å². The Morgan fingerprint density at radius 1 is 1.39 bits per heavy atom. The Morgan fingerprint density at radius 3 is 2.56 bits per heavy atom. The molecule has 1 fully saturated rings. The molecule has 1 aromatic heterocycles. The van der Waals surface area contributed by atoms with Crippen molar-refractivity contribution in [3.63, 3.8) is 0 Å². The van der Waals surface area contributed by atoms with Gasteiger partial charge >= 0.3 is 5.97 Å². The highest BCUT2D eigenvalue weighted by Gasteiger charge is 2.25. The van der Waals surface area contributed by atoms with Crippen molar-refractivity contribution in [2.45, 2.75) is 13.0 Å². The third-order valence-electron chi connectivity index (χ3n) is 3.26. The summed E-state index contributed by atoms with van der Waals surface area (Å²) in [5, 5.41) is 9.59. The standard InChI is InChI=1S/C12H16ClN3O2/c1-9(12(17)18)15-4-6-16(7-5-15)11-3-2-10(13)8-14-11/h2-3,8-9H,4-7H2,1H3,(H,17,18)/t9-/m1/s1. The summed E-state index contributed by atoms with van der Waals surface area (Å²) in [4.78, 5) is 19.3. The molecule has 0 saturated carbocycles. The minimum Gasteiger partial charge on any atom is -0.480 e. The number of piperazine rings is 1. The molecule has 0 aromatic carbocycles. The molecule has 1 aliphatic heterocycles. The fraction of sp³-hybridized carbons (Fsp3) is 0.500. The van der Waals surface area contributed by atoms with E-state index in [1.807, 2.05) is 17.0 Å². The van der Waals surface area contributed by atoms with Crippen molar-refractivity contribution in [1.29, 1.82) is 0 Å². The highest BCUT2D eigenvalue weighted by molar-refractivity contribution is 6.30. The predicted octanol–water partition coefficient (Wildman–Crippen LogP) is 1.33. The lowest BCUT2D eigenvalue weighted by atomic mass is 10.2. The van der Waals surface area contributed by atoms with Gasteiger partial charge in [-0.3, -0.25) is 9.69 Å². The van der Waals surface area contributed by atoms with E-state index in [1.54, 1.807) is 13.1 Å². The highest BCUT2D eigenvalue weighted by atomic mass is 35.5. The molecule has 0 spiro atoms. The quantitative estimate of drug-likeness (QED) is 0.897. The van der Waals surface area contributed by atoms with Crippen LogP contribution in [0, 0.1) is 0 Å². The van der Waals surface area contributed by atoms with Gasteiger partial charge in [0.25, 0.3) is 0 Å². The summed E-state index contributed by atoms with van der Waals surface area (Å²) >= 11 is 5.80. The molecule has 6 heteroatoms. The molecule has 0 bridgehead atoms. The lowest BCUT2D eigenvalue weighted by Gasteiger charge is -2.37. The molecule has 98 valence electrons. The number of carbonyl (C=O) groups is 1. The number of carboxylic acid groups (broad SMARTS) is 1. The smallest absolute Gasteiger partial charge is 0.320 e. The Hall–Kier alpha value is -1.33. The number of carboxylic acids is 1. The zero-order chi connectivity index (χ0) is 13.1. The van der Waals surface area contributed by atoms with Crippen molar-refractivity contribution >= 4 is 23.4 Å². The summed E-state index contributed by atoms with van der Waals surface area (Å²) in [6, 6.07) is 3.28. The van der Waals surface area contributed by atoms with E-state index in [9.17, 15) is 4.79 Å². The van der Waals surface area contributed by atoms with Crippen molar-refractivity contribution in [1.82, 2.24) is 9.88 Å². The van der Waals surface area contributed by atoms with Crippen LogP contribution < -0.4 is 4.90 Å². The zero-order valence-corrected chi connectivity index (χ0v) is 11.0. The van der Waals surface area contributed by atoms with E-state index < -0.39 is 12.0 Å².